The summed E-state index contributed by atoms with van der Waals surface area (Å²) in [4.78, 5) is 0. The number of halogens is 7. The fraction of sp³-hybridized carbons (Fsp3) is 0.167. The van der Waals surface area contributed by atoms with E-state index in [2.05, 4.69) is 20.3 Å². The Morgan fingerprint density at radius 3 is 2.05 bits per heavy atom. The van der Waals surface area contributed by atoms with Crippen LogP contribution in [0, 0.1) is 0 Å². The van der Waals surface area contributed by atoms with Gasteiger partial charge in [0.25, 0.3) is 5.76 Å². The zero-order valence-corrected chi connectivity index (χ0v) is 11.9. The maximum Gasteiger partial charge on any atom is 0.453 e. The number of benzene rings is 1. The van der Waals surface area contributed by atoms with Gasteiger partial charge >= 0.3 is 12.4 Å². The maximum absolute atomic E-state index is 12.7. The molecular weight excluding hydrogens is 384 g/mol. The molecule has 0 spiro atoms. The van der Waals surface area contributed by atoms with Gasteiger partial charge in [0.15, 0.2) is 5.75 Å². The molecule has 3 N–H and O–H groups in total. The average Bonchev–Trinajstić information content (AvgIpc) is 2.62. The summed E-state index contributed by atoms with van der Waals surface area (Å²) in [5.74, 6) is -3.97. The van der Waals surface area contributed by atoms with E-state index in [9.17, 15) is 31.4 Å². The maximum atomic E-state index is 12.7. The molecule has 0 aliphatic rings. The lowest BCUT2D eigenvalue weighted by Gasteiger charge is -2.10. The lowest BCUT2D eigenvalue weighted by molar-refractivity contribution is -0.153. The van der Waals surface area contributed by atoms with Gasteiger partial charge in [-0.3, -0.25) is 0 Å². The molecule has 22 heavy (non-hydrogen) atoms. The molecule has 0 saturated heterocycles. The highest BCUT2D eigenvalue weighted by Gasteiger charge is 2.41. The smallest absolute Gasteiger partial charge is 0.453 e. The van der Waals surface area contributed by atoms with Crippen LogP contribution in [0.3, 0.4) is 0 Å². The third-order valence-corrected chi connectivity index (χ3v) is 3.14. The van der Waals surface area contributed by atoms with Gasteiger partial charge in [-0.2, -0.15) is 26.3 Å². The highest BCUT2D eigenvalue weighted by atomic mass is 79.9. The first-order chi connectivity index (χ1) is 9.91. The number of hydrogen-bond acceptors (Lipinski definition) is 3. The van der Waals surface area contributed by atoms with Gasteiger partial charge in [-0.1, -0.05) is 15.9 Å². The summed E-state index contributed by atoms with van der Waals surface area (Å²) < 4.78 is 80.2. The topological polar surface area (TPSA) is 59.4 Å². The molecule has 0 radical (unpaired) electrons. The van der Waals surface area contributed by atoms with Crippen LogP contribution in [-0.4, -0.2) is 5.11 Å². The normalized spacial score (nSPS) is 12.7. The molecule has 120 valence electrons. The second kappa shape index (κ2) is 5.11. The van der Waals surface area contributed by atoms with Gasteiger partial charge in [0.1, 0.15) is 0 Å². The zero-order valence-electron chi connectivity index (χ0n) is 10.3. The van der Waals surface area contributed by atoms with Crippen molar-refractivity contribution in [3.63, 3.8) is 0 Å². The molecule has 0 fully saturated rings. The minimum Gasteiger partial charge on any atom is -0.504 e. The first-order valence-electron chi connectivity index (χ1n) is 5.48. The van der Waals surface area contributed by atoms with Gasteiger partial charge in [-0.25, -0.2) is 0 Å². The molecular formula is C12H6BrF6NO2. The standard InChI is InChI=1S/C12H6BrF6NO2/c13-6-2-4(1-5(3-6)11(14,15)16)7-8(21)9(12(17,18)19)22-10(7)20/h1-3,21H,20H2. The molecule has 0 amide bonds. The molecule has 0 bridgehead atoms. The number of anilines is 1. The quantitative estimate of drug-likeness (QED) is 0.672. The Bertz CT molecular complexity index is 720. The van der Waals surface area contributed by atoms with E-state index in [0.29, 0.717) is 6.07 Å². The molecule has 10 heteroatoms. The van der Waals surface area contributed by atoms with Crippen LogP contribution in [0.4, 0.5) is 32.2 Å². The van der Waals surface area contributed by atoms with Gasteiger partial charge in [0, 0.05) is 4.47 Å². The second-order valence-electron chi connectivity index (χ2n) is 4.24. The van der Waals surface area contributed by atoms with Crippen molar-refractivity contribution in [3.05, 3.63) is 34.0 Å². The molecule has 3 nitrogen and oxygen atoms in total. The van der Waals surface area contributed by atoms with Crippen molar-refractivity contribution in [3.8, 4) is 16.9 Å². The van der Waals surface area contributed by atoms with E-state index in [4.69, 9.17) is 5.73 Å². The summed E-state index contributed by atoms with van der Waals surface area (Å²) in [5, 5.41) is 9.59. The van der Waals surface area contributed by atoms with Crippen LogP contribution in [0.5, 0.6) is 5.75 Å². The molecule has 1 aromatic heterocycles. The Kier molecular flexibility index (Phi) is 3.84. The van der Waals surface area contributed by atoms with Crippen molar-refractivity contribution >= 4 is 21.8 Å². The lowest BCUT2D eigenvalue weighted by Crippen LogP contribution is -2.05. The number of nitrogens with two attached hydrogens (primary N) is 1. The van der Waals surface area contributed by atoms with Crippen LogP contribution in [0.15, 0.2) is 27.1 Å². The van der Waals surface area contributed by atoms with Crippen LogP contribution in [0.25, 0.3) is 11.1 Å². The van der Waals surface area contributed by atoms with Gasteiger partial charge < -0.3 is 15.3 Å². The fourth-order valence-electron chi connectivity index (χ4n) is 1.81. The summed E-state index contributed by atoms with van der Waals surface area (Å²) in [6, 6.07) is 2.38. The monoisotopic (exact) mass is 389 g/mol. The highest BCUT2D eigenvalue weighted by molar-refractivity contribution is 9.10. The molecule has 0 saturated carbocycles. The minimum atomic E-state index is -5.03. The molecule has 1 aromatic carbocycles. The van der Waals surface area contributed by atoms with E-state index in [1.165, 1.54) is 0 Å². The van der Waals surface area contributed by atoms with Crippen LogP contribution < -0.4 is 5.73 Å². The fourth-order valence-corrected chi connectivity index (χ4v) is 2.30. The Morgan fingerprint density at radius 2 is 1.59 bits per heavy atom. The van der Waals surface area contributed by atoms with Crippen molar-refractivity contribution in [2.24, 2.45) is 0 Å². The van der Waals surface area contributed by atoms with Crippen LogP contribution in [-0.2, 0) is 12.4 Å². The number of rotatable bonds is 1. The minimum absolute atomic E-state index is 0.0501. The number of aromatic hydroxyl groups is 1. The Hall–Kier alpha value is -1.84. The van der Waals surface area contributed by atoms with E-state index in [1.54, 1.807) is 0 Å². The van der Waals surface area contributed by atoms with E-state index >= 15 is 0 Å². The zero-order chi connectivity index (χ0) is 16.9. The number of hydrogen-bond donors (Lipinski definition) is 2. The first-order valence-corrected chi connectivity index (χ1v) is 6.27. The second-order valence-corrected chi connectivity index (χ2v) is 5.16. The van der Waals surface area contributed by atoms with Gasteiger partial charge in [0.2, 0.25) is 5.88 Å². The van der Waals surface area contributed by atoms with Gasteiger partial charge in [-0.15, -0.1) is 0 Å². The van der Waals surface area contributed by atoms with E-state index < -0.39 is 40.9 Å². The van der Waals surface area contributed by atoms with Crippen LogP contribution in [0.1, 0.15) is 11.3 Å². The van der Waals surface area contributed by atoms with Crippen molar-refractivity contribution in [1.29, 1.82) is 0 Å². The molecule has 2 aromatic rings. The molecule has 0 unspecified atom stereocenters. The van der Waals surface area contributed by atoms with Crippen LogP contribution in [0.2, 0.25) is 0 Å². The van der Waals surface area contributed by atoms with E-state index in [0.717, 1.165) is 12.1 Å². The van der Waals surface area contributed by atoms with Crippen LogP contribution >= 0.6 is 15.9 Å². The predicted octanol–water partition coefficient (Wildman–Crippen LogP) is 5.03. The van der Waals surface area contributed by atoms with E-state index in [-0.39, 0.29) is 10.0 Å². The summed E-state index contributed by atoms with van der Waals surface area (Å²) in [6.07, 6.45) is -9.76. The van der Waals surface area contributed by atoms with Gasteiger partial charge in [0.05, 0.1) is 11.1 Å². The van der Waals surface area contributed by atoms with Crippen molar-refractivity contribution in [2.45, 2.75) is 12.4 Å². The highest BCUT2D eigenvalue weighted by Crippen LogP contribution is 2.48. The van der Waals surface area contributed by atoms with Crippen molar-refractivity contribution in [1.82, 2.24) is 0 Å². The molecule has 1 heterocycles. The third kappa shape index (κ3) is 3.01. The van der Waals surface area contributed by atoms with Crippen molar-refractivity contribution < 1.29 is 35.9 Å². The average molecular weight is 390 g/mol. The summed E-state index contributed by atoms with van der Waals surface area (Å²) in [7, 11) is 0. The lowest BCUT2D eigenvalue weighted by atomic mass is 10.0. The Morgan fingerprint density at radius 1 is 1.00 bits per heavy atom. The Labute approximate surface area is 127 Å². The third-order valence-electron chi connectivity index (χ3n) is 2.68. The summed E-state index contributed by atoms with van der Waals surface area (Å²) >= 11 is 2.82. The number of nitrogen functional groups attached to an aromatic ring is 1. The molecule has 2 rings (SSSR count). The first kappa shape index (κ1) is 16.5. The Balaban J connectivity index is 2.68. The number of furan rings is 1. The summed E-state index contributed by atoms with van der Waals surface area (Å²) in [6.45, 7) is 0. The SMILES string of the molecule is Nc1oc(C(F)(F)F)c(O)c1-c1cc(Br)cc(C(F)(F)F)c1. The predicted molar refractivity (Wildman–Crippen MR) is 67.9 cm³/mol. The van der Waals surface area contributed by atoms with Gasteiger partial charge in [-0.05, 0) is 23.8 Å². The molecule has 0 atom stereocenters. The molecule has 0 aliphatic carbocycles. The largest absolute Gasteiger partial charge is 0.504 e. The molecule has 0 aliphatic heterocycles. The van der Waals surface area contributed by atoms with E-state index in [1.807, 2.05) is 0 Å². The van der Waals surface area contributed by atoms with Crippen molar-refractivity contribution in [2.75, 3.05) is 5.73 Å². The summed E-state index contributed by atoms with van der Waals surface area (Å²) in [5.41, 5.74) is 3.12. The number of alkyl halides is 6.